The van der Waals surface area contributed by atoms with Crippen LogP contribution in [-0.2, 0) is 38.7 Å². The van der Waals surface area contributed by atoms with Gasteiger partial charge >= 0.3 is 12.2 Å². The fourth-order valence-corrected chi connectivity index (χ4v) is 13.2. The maximum absolute atomic E-state index is 14.4. The number of anilines is 1. The Kier molecular flexibility index (Phi) is 12.0. The summed E-state index contributed by atoms with van der Waals surface area (Å²) in [5, 5.41) is 8.64. The van der Waals surface area contributed by atoms with Crippen LogP contribution < -0.4 is 16.0 Å². The van der Waals surface area contributed by atoms with E-state index >= 15 is 0 Å². The number of nitrogens with one attached hydrogen (secondary N) is 4. The molecule has 11 atom stereocenters. The number of aromatic nitrogens is 2. The monoisotopic (exact) mass is 929 g/mol. The summed E-state index contributed by atoms with van der Waals surface area (Å²) in [4.78, 5) is 80.2. The summed E-state index contributed by atoms with van der Waals surface area (Å²) in [5.74, 6) is 0.570. The van der Waals surface area contributed by atoms with Crippen LogP contribution in [0, 0.1) is 17.8 Å². The number of imidazole rings is 1. The predicted molar refractivity (Wildman–Crippen MR) is 253 cm³/mol. The van der Waals surface area contributed by atoms with Crippen molar-refractivity contribution in [2.75, 3.05) is 33.8 Å². The SMILES string of the molecule is COC(=O)N[C@@H]1C(=O)N2[C@H](c3nc4ccc(-c5ccc6c(c5)C(C)(C)c5cc(NC(=O)C7C[C@@H]8CCCC[C@@H]8N7C(=O)[C@@H](NC(=O)OC)[C@@H](C)OC)ccc5-6)cc4[nH]3)C[C@@H]3CCCC([C@H]1OC)[C@@H]32. The first-order chi connectivity index (χ1) is 32.8. The molecule has 5 fully saturated rings. The third-order valence-corrected chi connectivity index (χ3v) is 16.5. The Balaban J connectivity index is 0.888. The first-order valence-corrected chi connectivity index (χ1v) is 24.2. The molecule has 16 heteroatoms. The molecule has 4 heterocycles. The number of nitrogens with zero attached hydrogens (tertiary/aromatic N) is 3. The van der Waals surface area contributed by atoms with E-state index < -0.39 is 47.9 Å². The number of rotatable bonds is 10. The van der Waals surface area contributed by atoms with Crippen molar-refractivity contribution in [2.45, 2.75) is 132 Å². The van der Waals surface area contributed by atoms with E-state index in [1.54, 1.807) is 18.9 Å². The summed E-state index contributed by atoms with van der Waals surface area (Å²) in [7, 11) is 5.65. The molecule has 1 aromatic heterocycles. The van der Waals surface area contributed by atoms with Gasteiger partial charge in [-0.25, -0.2) is 14.6 Å². The van der Waals surface area contributed by atoms with Crippen molar-refractivity contribution < 1.29 is 42.9 Å². The number of carbonyl (C=O) groups excluding carboxylic acids is 5. The van der Waals surface area contributed by atoms with Crippen molar-refractivity contribution in [3.05, 3.63) is 71.5 Å². The zero-order chi connectivity index (χ0) is 47.8. The number of methoxy groups -OCH3 is 4. The quantitative estimate of drug-likeness (QED) is 0.126. The van der Waals surface area contributed by atoms with Crippen molar-refractivity contribution in [2.24, 2.45) is 17.8 Å². The Hall–Kier alpha value is -6.00. The van der Waals surface area contributed by atoms with Crippen LogP contribution in [0.1, 0.15) is 102 Å². The molecule has 2 unspecified atom stereocenters. The lowest BCUT2D eigenvalue weighted by atomic mass is 9.71. The number of likely N-dealkylation sites (tertiary alicyclic amines) is 1. The van der Waals surface area contributed by atoms with E-state index in [0.29, 0.717) is 18.0 Å². The lowest BCUT2D eigenvalue weighted by Gasteiger charge is -2.49. The van der Waals surface area contributed by atoms with E-state index in [-0.39, 0.29) is 47.7 Å². The largest absolute Gasteiger partial charge is 0.453 e. The van der Waals surface area contributed by atoms with Gasteiger partial charge in [0, 0.05) is 43.3 Å². The second kappa shape index (κ2) is 17.8. The number of ether oxygens (including phenoxy) is 4. The Morgan fingerprint density at radius 2 is 1.53 bits per heavy atom. The molecule has 0 spiro atoms. The molecule has 3 aliphatic carbocycles. The normalized spacial score (nSPS) is 28.5. The number of carbonyl (C=O) groups is 5. The average Bonchev–Trinajstić information content (AvgIpc) is 4.12. The molecule has 16 nitrogen and oxygen atoms in total. The molecule has 68 heavy (non-hydrogen) atoms. The van der Waals surface area contributed by atoms with Crippen molar-refractivity contribution in [1.82, 2.24) is 30.4 Å². The number of piperidine rings is 1. The van der Waals surface area contributed by atoms with E-state index in [1.807, 2.05) is 17.0 Å². The fourth-order valence-electron chi connectivity index (χ4n) is 13.2. The second-order valence-corrected chi connectivity index (χ2v) is 20.3. The van der Waals surface area contributed by atoms with E-state index in [2.05, 4.69) is 77.2 Å². The molecule has 3 saturated heterocycles. The van der Waals surface area contributed by atoms with Crippen LogP contribution in [0.2, 0.25) is 0 Å². The smallest absolute Gasteiger partial charge is 0.407 e. The number of aromatic amines is 1. The third-order valence-electron chi connectivity index (χ3n) is 16.5. The highest BCUT2D eigenvalue weighted by Gasteiger charge is 2.59. The zero-order valence-corrected chi connectivity index (χ0v) is 39.9. The molecule has 3 aliphatic heterocycles. The topological polar surface area (TPSA) is 194 Å². The molecule has 4 aromatic rings. The molecule has 360 valence electrons. The van der Waals surface area contributed by atoms with Crippen LogP contribution in [0.25, 0.3) is 33.3 Å². The van der Waals surface area contributed by atoms with Gasteiger partial charge in [-0.15, -0.1) is 0 Å². The second-order valence-electron chi connectivity index (χ2n) is 20.3. The first kappa shape index (κ1) is 45.8. The first-order valence-electron chi connectivity index (χ1n) is 24.2. The van der Waals surface area contributed by atoms with Crippen LogP contribution in [0.4, 0.5) is 15.3 Å². The van der Waals surface area contributed by atoms with Gasteiger partial charge in [-0.1, -0.05) is 57.4 Å². The standard InChI is InChI=1S/C52H63N7O9/c1-26(65-4)42(56-50(63)67-6)48(61)58-39-14-9-8-11-29(39)23-41(58)47(60)53-31-17-19-33-32-18-15-27(21-35(32)52(2,3)36(33)25-31)28-16-20-37-38(22-28)55-46(54-37)40-24-30-12-10-13-34-44(30)59(40)49(62)43(45(34)66-5)57-51(64)68-7/h15-22,25-26,29-30,34,39-45H,8-14,23-24H2,1-7H3,(H,53,60)(H,54,55)(H,56,63)(H,57,64)/t26-,29+,30+,34?,39+,40+,41?,42+,43+,44-,45-/m1/s1. The molecule has 0 radical (unpaired) electrons. The number of benzene rings is 3. The summed E-state index contributed by atoms with van der Waals surface area (Å²) >= 11 is 0. The van der Waals surface area contributed by atoms with E-state index in [4.69, 9.17) is 23.9 Å². The number of fused-ring (bicyclic) bond motifs is 5. The van der Waals surface area contributed by atoms with Gasteiger partial charge in [0.1, 0.15) is 23.9 Å². The van der Waals surface area contributed by atoms with Crippen LogP contribution in [0.3, 0.4) is 0 Å². The van der Waals surface area contributed by atoms with E-state index in [0.717, 1.165) is 96.0 Å². The molecule has 6 aliphatic rings. The van der Waals surface area contributed by atoms with Gasteiger partial charge in [0.2, 0.25) is 17.7 Å². The van der Waals surface area contributed by atoms with Crippen molar-refractivity contribution >= 4 is 46.6 Å². The Labute approximate surface area is 396 Å². The number of hydrogen-bond acceptors (Lipinski definition) is 10. The Morgan fingerprint density at radius 1 is 0.824 bits per heavy atom. The minimum absolute atomic E-state index is 0.0103. The lowest BCUT2D eigenvalue weighted by molar-refractivity contribution is -0.156. The maximum atomic E-state index is 14.4. The molecular formula is C52H63N7O9. The van der Waals surface area contributed by atoms with Gasteiger partial charge in [-0.3, -0.25) is 14.4 Å². The maximum Gasteiger partial charge on any atom is 0.407 e. The van der Waals surface area contributed by atoms with Gasteiger partial charge in [-0.2, -0.15) is 0 Å². The van der Waals surface area contributed by atoms with Crippen molar-refractivity contribution in [3.8, 4) is 22.3 Å². The van der Waals surface area contributed by atoms with Crippen LogP contribution in [0.5, 0.6) is 0 Å². The molecule has 0 bridgehead atoms. The molecule has 3 aromatic carbocycles. The highest BCUT2D eigenvalue weighted by Crippen LogP contribution is 2.53. The van der Waals surface area contributed by atoms with Crippen molar-refractivity contribution in [3.63, 3.8) is 0 Å². The summed E-state index contributed by atoms with van der Waals surface area (Å²) in [5.41, 5.74) is 8.51. The third kappa shape index (κ3) is 7.58. The molecule has 10 rings (SSSR count). The van der Waals surface area contributed by atoms with Crippen molar-refractivity contribution in [1.29, 1.82) is 0 Å². The van der Waals surface area contributed by atoms with E-state index in [9.17, 15) is 24.0 Å². The summed E-state index contributed by atoms with van der Waals surface area (Å²) in [6.07, 6.45) is 5.61. The molecule has 4 N–H and O–H groups in total. The van der Waals surface area contributed by atoms with Crippen LogP contribution >= 0.6 is 0 Å². The van der Waals surface area contributed by atoms with Gasteiger partial charge < -0.3 is 49.7 Å². The van der Waals surface area contributed by atoms with Crippen LogP contribution in [0.15, 0.2) is 54.6 Å². The molecule has 5 amide bonds. The lowest BCUT2D eigenvalue weighted by Crippen LogP contribution is -2.66. The Bertz CT molecular complexity index is 2670. The fraction of sp³-hybridized carbons (Fsp3) is 0.538. The van der Waals surface area contributed by atoms with Gasteiger partial charge in [-0.05, 0) is 121 Å². The highest BCUT2D eigenvalue weighted by molar-refractivity contribution is 6.00. The zero-order valence-electron chi connectivity index (χ0n) is 39.9. The molecular weight excluding hydrogens is 867 g/mol. The average molecular weight is 930 g/mol. The minimum Gasteiger partial charge on any atom is -0.453 e. The Morgan fingerprint density at radius 3 is 2.28 bits per heavy atom. The number of amides is 5. The highest BCUT2D eigenvalue weighted by atomic mass is 16.5. The molecule has 2 saturated carbocycles. The number of hydrogen-bond donors (Lipinski definition) is 4. The van der Waals surface area contributed by atoms with E-state index in [1.165, 1.54) is 26.9 Å². The number of alkyl carbamates (subject to hydrolysis) is 2. The minimum atomic E-state index is -1.02. The number of H-pyrrole nitrogens is 1. The summed E-state index contributed by atoms with van der Waals surface area (Å²) in [6.45, 7) is 6.13. The van der Waals surface area contributed by atoms with Gasteiger partial charge in [0.05, 0.1) is 43.5 Å². The summed E-state index contributed by atoms with van der Waals surface area (Å²) < 4.78 is 21.2. The van der Waals surface area contributed by atoms with Gasteiger partial charge in [0.25, 0.3) is 0 Å². The van der Waals surface area contributed by atoms with Gasteiger partial charge in [0.15, 0.2) is 0 Å². The predicted octanol–water partition coefficient (Wildman–Crippen LogP) is 7.21. The van der Waals surface area contributed by atoms with Crippen LogP contribution in [-0.4, -0.2) is 121 Å². The summed E-state index contributed by atoms with van der Waals surface area (Å²) in [6, 6.07) is 15.9.